The van der Waals surface area contributed by atoms with Crippen LogP contribution in [-0.2, 0) is 11.3 Å². The molecule has 1 unspecified atom stereocenters. The van der Waals surface area contributed by atoms with Crippen molar-refractivity contribution in [1.82, 2.24) is 14.8 Å². The second-order valence-corrected chi connectivity index (χ2v) is 4.68. The average Bonchev–Trinajstić information content (AvgIpc) is 2.77. The maximum Gasteiger partial charge on any atom is 0.140 e. The monoisotopic (exact) mass is 301 g/mol. The molecule has 0 radical (unpaired) electrons. The number of nitrogens with zero attached hydrogens (tertiary/aromatic N) is 3. The molecule has 0 bridgehead atoms. The Kier molecular flexibility index (Phi) is 4.76. The maximum absolute atomic E-state index is 10.4. The summed E-state index contributed by atoms with van der Waals surface area (Å²) in [6.07, 6.45) is 2.02. The molecule has 0 spiro atoms. The molecule has 0 aromatic carbocycles. The standard InChI is InChI=1S/C12H13Cl2N3O2/c1-19-6-5-17-11(9(14)7-16-17)12(18)10-8(13)3-2-4-15-10/h2-4,7,12,18H,5-6H2,1H3. The Morgan fingerprint density at radius 2 is 2.21 bits per heavy atom. The van der Waals surface area contributed by atoms with Crippen LogP contribution in [0.15, 0.2) is 24.5 Å². The lowest BCUT2D eigenvalue weighted by molar-refractivity contribution is 0.170. The fraction of sp³-hybridized carbons (Fsp3) is 0.333. The number of hydrogen-bond acceptors (Lipinski definition) is 4. The number of ether oxygens (including phenoxy) is 1. The highest BCUT2D eigenvalue weighted by Crippen LogP contribution is 2.30. The van der Waals surface area contributed by atoms with Crippen molar-refractivity contribution >= 4 is 23.2 Å². The number of methoxy groups -OCH3 is 1. The van der Waals surface area contributed by atoms with Gasteiger partial charge in [0.15, 0.2) is 0 Å². The normalized spacial score (nSPS) is 12.6. The molecule has 2 heterocycles. The van der Waals surface area contributed by atoms with Crippen LogP contribution >= 0.6 is 23.2 Å². The van der Waals surface area contributed by atoms with Crippen LogP contribution in [0.4, 0.5) is 0 Å². The second kappa shape index (κ2) is 6.34. The molecule has 0 fully saturated rings. The van der Waals surface area contributed by atoms with E-state index in [4.69, 9.17) is 27.9 Å². The molecule has 7 heteroatoms. The van der Waals surface area contributed by atoms with Crippen LogP contribution in [0.1, 0.15) is 17.5 Å². The zero-order valence-corrected chi connectivity index (χ0v) is 11.8. The summed E-state index contributed by atoms with van der Waals surface area (Å²) in [5, 5.41) is 15.2. The van der Waals surface area contributed by atoms with E-state index in [-0.39, 0.29) is 0 Å². The number of aromatic nitrogens is 3. The topological polar surface area (TPSA) is 60.2 Å². The van der Waals surface area contributed by atoms with E-state index in [9.17, 15) is 5.11 Å². The number of aliphatic hydroxyl groups is 1. The zero-order chi connectivity index (χ0) is 13.8. The molecule has 1 N–H and O–H groups in total. The third kappa shape index (κ3) is 3.06. The first-order chi connectivity index (χ1) is 9.15. The van der Waals surface area contributed by atoms with Crippen molar-refractivity contribution in [3.63, 3.8) is 0 Å². The molecule has 0 saturated heterocycles. The SMILES string of the molecule is COCCn1ncc(Cl)c1C(O)c1ncccc1Cl. The fourth-order valence-electron chi connectivity index (χ4n) is 1.73. The van der Waals surface area contributed by atoms with Gasteiger partial charge in [-0.25, -0.2) is 0 Å². The summed E-state index contributed by atoms with van der Waals surface area (Å²) in [5.41, 5.74) is 0.810. The fourth-order valence-corrected chi connectivity index (χ4v) is 2.20. The number of aliphatic hydroxyl groups excluding tert-OH is 1. The summed E-state index contributed by atoms with van der Waals surface area (Å²) in [5.74, 6) is 0. The highest BCUT2D eigenvalue weighted by atomic mass is 35.5. The van der Waals surface area contributed by atoms with Crippen molar-refractivity contribution in [2.24, 2.45) is 0 Å². The molecule has 2 aromatic rings. The summed E-state index contributed by atoms with van der Waals surface area (Å²) in [6.45, 7) is 0.952. The first-order valence-corrected chi connectivity index (χ1v) is 6.39. The maximum atomic E-state index is 10.4. The summed E-state index contributed by atoms with van der Waals surface area (Å²) in [4.78, 5) is 4.08. The Balaban J connectivity index is 2.35. The van der Waals surface area contributed by atoms with E-state index >= 15 is 0 Å². The van der Waals surface area contributed by atoms with Crippen LogP contribution in [0.3, 0.4) is 0 Å². The first kappa shape index (κ1) is 14.3. The molecule has 0 amide bonds. The largest absolute Gasteiger partial charge is 0.383 e. The Morgan fingerprint density at radius 1 is 1.42 bits per heavy atom. The molecule has 0 aliphatic heterocycles. The van der Waals surface area contributed by atoms with Crippen molar-refractivity contribution in [3.8, 4) is 0 Å². The molecule has 1 atom stereocenters. The lowest BCUT2D eigenvalue weighted by atomic mass is 10.1. The van der Waals surface area contributed by atoms with E-state index in [1.54, 1.807) is 30.1 Å². The van der Waals surface area contributed by atoms with Gasteiger partial charge in [0.2, 0.25) is 0 Å². The van der Waals surface area contributed by atoms with Gasteiger partial charge >= 0.3 is 0 Å². The molecule has 0 aliphatic rings. The van der Waals surface area contributed by atoms with E-state index in [2.05, 4.69) is 10.1 Å². The van der Waals surface area contributed by atoms with Gasteiger partial charge in [-0.15, -0.1) is 0 Å². The van der Waals surface area contributed by atoms with E-state index in [1.165, 1.54) is 6.20 Å². The van der Waals surface area contributed by atoms with Crippen LogP contribution in [0, 0.1) is 0 Å². The Hall–Kier alpha value is -1.14. The summed E-state index contributed by atoms with van der Waals surface area (Å²) < 4.78 is 6.58. The van der Waals surface area contributed by atoms with Gasteiger partial charge in [0.25, 0.3) is 0 Å². The molecule has 5 nitrogen and oxygen atoms in total. The number of hydrogen-bond donors (Lipinski definition) is 1. The Bertz CT molecular complexity index is 560. The van der Waals surface area contributed by atoms with Crippen molar-refractivity contribution < 1.29 is 9.84 Å². The Morgan fingerprint density at radius 3 is 2.89 bits per heavy atom. The summed E-state index contributed by atoms with van der Waals surface area (Å²) >= 11 is 12.1. The van der Waals surface area contributed by atoms with Crippen LogP contribution in [0.2, 0.25) is 10.0 Å². The molecule has 19 heavy (non-hydrogen) atoms. The van der Waals surface area contributed by atoms with Gasteiger partial charge in [-0.3, -0.25) is 9.67 Å². The van der Waals surface area contributed by atoms with Crippen LogP contribution in [0.25, 0.3) is 0 Å². The first-order valence-electron chi connectivity index (χ1n) is 5.63. The number of rotatable bonds is 5. The highest BCUT2D eigenvalue weighted by Gasteiger charge is 2.22. The molecule has 2 rings (SSSR count). The molecule has 0 aliphatic carbocycles. The van der Waals surface area contributed by atoms with Crippen LogP contribution in [0.5, 0.6) is 0 Å². The van der Waals surface area contributed by atoms with Crippen molar-refractivity contribution in [2.75, 3.05) is 13.7 Å². The molecular formula is C12H13Cl2N3O2. The van der Waals surface area contributed by atoms with Crippen LogP contribution in [-0.4, -0.2) is 33.6 Å². The third-order valence-electron chi connectivity index (χ3n) is 2.65. The average molecular weight is 302 g/mol. The molecule has 2 aromatic heterocycles. The predicted molar refractivity (Wildman–Crippen MR) is 72.4 cm³/mol. The summed E-state index contributed by atoms with van der Waals surface area (Å²) in [6, 6.07) is 3.36. The van der Waals surface area contributed by atoms with Crippen molar-refractivity contribution in [3.05, 3.63) is 46.0 Å². The minimum absolute atomic E-state index is 0.352. The van der Waals surface area contributed by atoms with Gasteiger partial charge in [0, 0.05) is 13.3 Å². The third-order valence-corrected chi connectivity index (χ3v) is 3.26. The van der Waals surface area contributed by atoms with Crippen molar-refractivity contribution in [1.29, 1.82) is 0 Å². The highest BCUT2D eigenvalue weighted by molar-refractivity contribution is 6.32. The van der Waals surface area contributed by atoms with E-state index < -0.39 is 6.10 Å². The lowest BCUT2D eigenvalue weighted by Gasteiger charge is -2.14. The van der Waals surface area contributed by atoms with E-state index in [0.717, 1.165) is 0 Å². The number of halogens is 2. The smallest absolute Gasteiger partial charge is 0.140 e. The van der Waals surface area contributed by atoms with Gasteiger partial charge in [0.05, 0.1) is 40.8 Å². The van der Waals surface area contributed by atoms with E-state index in [1.807, 2.05) is 0 Å². The van der Waals surface area contributed by atoms with Gasteiger partial charge in [-0.05, 0) is 12.1 Å². The molecule has 0 saturated carbocycles. The van der Waals surface area contributed by atoms with Gasteiger partial charge in [-0.1, -0.05) is 23.2 Å². The van der Waals surface area contributed by atoms with E-state index in [0.29, 0.717) is 34.6 Å². The molecule has 102 valence electrons. The van der Waals surface area contributed by atoms with Gasteiger partial charge in [-0.2, -0.15) is 5.10 Å². The van der Waals surface area contributed by atoms with Crippen molar-refractivity contribution in [2.45, 2.75) is 12.6 Å². The minimum Gasteiger partial charge on any atom is -0.383 e. The Labute approximate surface area is 120 Å². The minimum atomic E-state index is -1.03. The van der Waals surface area contributed by atoms with Crippen LogP contribution < -0.4 is 0 Å². The predicted octanol–water partition coefficient (Wildman–Crippen LogP) is 2.31. The van der Waals surface area contributed by atoms with Gasteiger partial charge in [0.1, 0.15) is 6.10 Å². The number of pyridine rings is 1. The lowest BCUT2D eigenvalue weighted by Crippen LogP contribution is -2.14. The second-order valence-electron chi connectivity index (χ2n) is 3.87. The van der Waals surface area contributed by atoms with Gasteiger partial charge < -0.3 is 9.84 Å². The zero-order valence-electron chi connectivity index (χ0n) is 10.3. The molecular weight excluding hydrogens is 289 g/mol. The quantitative estimate of drug-likeness (QED) is 0.921. The summed E-state index contributed by atoms with van der Waals surface area (Å²) in [7, 11) is 1.59.